The number of carboxylic acids is 1. The molecule has 0 spiro atoms. The van der Waals surface area contributed by atoms with Gasteiger partial charge in [-0.15, -0.1) is 0 Å². The first kappa shape index (κ1) is 18.7. The minimum Gasteiger partial charge on any atom is -0.481 e. The molecular weight excluding hydrogens is 296 g/mol. The largest absolute Gasteiger partial charge is 0.481 e. The van der Waals surface area contributed by atoms with Gasteiger partial charge >= 0.3 is 5.97 Å². The van der Waals surface area contributed by atoms with Gasteiger partial charge in [-0.05, 0) is 18.4 Å². The van der Waals surface area contributed by atoms with E-state index in [0.29, 0.717) is 13.0 Å². The summed E-state index contributed by atoms with van der Waals surface area (Å²) < 4.78 is 0. The van der Waals surface area contributed by atoms with Gasteiger partial charge in [0.05, 0.1) is 6.04 Å². The quantitative estimate of drug-likeness (QED) is 0.614. The van der Waals surface area contributed by atoms with E-state index in [1.165, 1.54) is 0 Å². The van der Waals surface area contributed by atoms with E-state index in [4.69, 9.17) is 5.11 Å². The molecule has 0 saturated heterocycles. The van der Waals surface area contributed by atoms with Crippen molar-refractivity contribution in [3.63, 3.8) is 0 Å². The standard InChI is InChI=1S/C17H24N2O4/c1-2-12-18-15(20)9-10-16(21)19-14(8-11-17(22)23)13-6-4-3-5-7-13/h3-7,14H,2,8-12H2,1H3,(H,18,20)(H,19,21)(H,22,23). The monoisotopic (exact) mass is 320 g/mol. The highest BCUT2D eigenvalue weighted by atomic mass is 16.4. The molecule has 0 aromatic heterocycles. The molecule has 126 valence electrons. The molecule has 2 amide bonds. The Morgan fingerprint density at radius 3 is 2.30 bits per heavy atom. The van der Waals surface area contributed by atoms with Gasteiger partial charge in [-0.1, -0.05) is 37.3 Å². The lowest BCUT2D eigenvalue weighted by molar-refractivity contribution is -0.137. The van der Waals surface area contributed by atoms with Gasteiger partial charge in [0.25, 0.3) is 0 Å². The predicted molar refractivity (Wildman–Crippen MR) is 86.7 cm³/mol. The molecule has 0 aliphatic carbocycles. The molecule has 1 rings (SSSR count). The van der Waals surface area contributed by atoms with Crippen LogP contribution in [0.1, 0.15) is 50.6 Å². The number of aliphatic carboxylic acids is 1. The third-order valence-corrected chi connectivity index (χ3v) is 3.34. The average molecular weight is 320 g/mol. The van der Waals surface area contributed by atoms with Crippen LogP contribution in [-0.4, -0.2) is 29.4 Å². The molecule has 0 aliphatic rings. The first-order valence-electron chi connectivity index (χ1n) is 7.85. The maximum absolute atomic E-state index is 12.0. The molecule has 1 aromatic carbocycles. The summed E-state index contributed by atoms with van der Waals surface area (Å²) in [5.74, 6) is -1.31. The fourth-order valence-corrected chi connectivity index (χ4v) is 2.12. The highest BCUT2D eigenvalue weighted by Gasteiger charge is 2.16. The van der Waals surface area contributed by atoms with Gasteiger partial charge in [0.15, 0.2) is 0 Å². The molecular formula is C17H24N2O4. The molecule has 23 heavy (non-hydrogen) atoms. The van der Waals surface area contributed by atoms with Crippen molar-refractivity contribution >= 4 is 17.8 Å². The van der Waals surface area contributed by atoms with Crippen LogP contribution in [0.5, 0.6) is 0 Å². The minimum atomic E-state index is -0.904. The number of hydrogen-bond donors (Lipinski definition) is 3. The molecule has 1 atom stereocenters. The second kappa shape index (κ2) is 10.4. The Morgan fingerprint density at radius 1 is 1.04 bits per heavy atom. The normalized spacial score (nSPS) is 11.5. The third kappa shape index (κ3) is 7.99. The first-order valence-corrected chi connectivity index (χ1v) is 7.85. The van der Waals surface area contributed by atoms with Crippen LogP contribution in [0.2, 0.25) is 0 Å². The molecule has 0 aliphatic heterocycles. The van der Waals surface area contributed by atoms with Gasteiger partial charge in [0.2, 0.25) is 11.8 Å². The Hall–Kier alpha value is -2.37. The zero-order valence-corrected chi connectivity index (χ0v) is 13.4. The van der Waals surface area contributed by atoms with E-state index in [9.17, 15) is 14.4 Å². The van der Waals surface area contributed by atoms with Crippen molar-refractivity contribution in [3.8, 4) is 0 Å². The summed E-state index contributed by atoms with van der Waals surface area (Å²) >= 11 is 0. The second-order valence-corrected chi connectivity index (χ2v) is 5.31. The van der Waals surface area contributed by atoms with Crippen LogP contribution in [0.15, 0.2) is 30.3 Å². The van der Waals surface area contributed by atoms with Gasteiger partial charge in [-0.3, -0.25) is 14.4 Å². The smallest absolute Gasteiger partial charge is 0.303 e. The average Bonchev–Trinajstić information content (AvgIpc) is 2.55. The van der Waals surface area contributed by atoms with Crippen LogP contribution < -0.4 is 10.6 Å². The fourth-order valence-electron chi connectivity index (χ4n) is 2.12. The number of carboxylic acid groups (broad SMARTS) is 1. The van der Waals surface area contributed by atoms with Gasteiger partial charge in [-0.25, -0.2) is 0 Å². The number of hydrogen-bond acceptors (Lipinski definition) is 3. The summed E-state index contributed by atoms with van der Waals surface area (Å²) in [4.78, 5) is 34.3. The predicted octanol–water partition coefficient (Wildman–Crippen LogP) is 2.02. The molecule has 0 bridgehead atoms. The lowest BCUT2D eigenvalue weighted by Crippen LogP contribution is -2.31. The Labute approximate surface area is 136 Å². The Balaban J connectivity index is 2.53. The summed E-state index contributed by atoms with van der Waals surface area (Å²) in [7, 11) is 0. The van der Waals surface area contributed by atoms with E-state index in [1.807, 2.05) is 37.3 Å². The van der Waals surface area contributed by atoms with Crippen LogP contribution in [0.4, 0.5) is 0 Å². The Morgan fingerprint density at radius 2 is 1.70 bits per heavy atom. The minimum absolute atomic E-state index is 0.0309. The third-order valence-electron chi connectivity index (χ3n) is 3.34. The molecule has 0 radical (unpaired) electrons. The van der Waals surface area contributed by atoms with E-state index in [0.717, 1.165) is 12.0 Å². The lowest BCUT2D eigenvalue weighted by atomic mass is 10.0. The van der Waals surface area contributed by atoms with E-state index in [-0.39, 0.29) is 37.1 Å². The van der Waals surface area contributed by atoms with Crippen molar-refractivity contribution in [2.75, 3.05) is 6.54 Å². The lowest BCUT2D eigenvalue weighted by Gasteiger charge is -2.18. The van der Waals surface area contributed by atoms with Crippen molar-refractivity contribution in [1.82, 2.24) is 10.6 Å². The molecule has 3 N–H and O–H groups in total. The first-order chi connectivity index (χ1) is 11.0. The topological polar surface area (TPSA) is 95.5 Å². The summed E-state index contributed by atoms with van der Waals surface area (Å²) in [6, 6.07) is 8.87. The zero-order valence-electron chi connectivity index (χ0n) is 13.4. The number of nitrogens with one attached hydrogen (secondary N) is 2. The van der Waals surface area contributed by atoms with Crippen molar-refractivity contribution in [2.45, 2.75) is 45.1 Å². The van der Waals surface area contributed by atoms with E-state index < -0.39 is 5.97 Å². The van der Waals surface area contributed by atoms with Crippen molar-refractivity contribution in [2.24, 2.45) is 0 Å². The summed E-state index contributed by atoms with van der Waals surface area (Å²) in [6.07, 6.45) is 1.35. The summed E-state index contributed by atoms with van der Waals surface area (Å²) in [6.45, 7) is 2.56. The summed E-state index contributed by atoms with van der Waals surface area (Å²) in [5.41, 5.74) is 0.859. The maximum atomic E-state index is 12.0. The molecule has 1 aromatic rings. The van der Waals surface area contributed by atoms with E-state index in [1.54, 1.807) is 0 Å². The van der Waals surface area contributed by atoms with Crippen LogP contribution in [-0.2, 0) is 14.4 Å². The van der Waals surface area contributed by atoms with Crippen molar-refractivity contribution in [1.29, 1.82) is 0 Å². The zero-order chi connectivity index (χ0) is 17.1. The van der Waals surface area contributed by atoms with Gasteiger partial charge in [-0.2, -0.15) is 0 Å². The fraction of sp³-hybridized carbons (Fsp3) is 0.471. The Bertz CT molecular complexity index is 517. The van der Waals surface area contributed by atoms with Crippen molar-refractivity contribution in [3.05, 3.63) is 35.9 Å². The number of carbonyl (C=O) groups is 3. The van der Waals surface area contributed by atoms with Gasteiger partial charge in [0, 0.05) is 25.8 Å². The molecule has 1 unspecified atom stereocenters. The van der Waals surface area contributed by atoms with Gasteiger partial charge in [0.1, 0.15) is 0 Å². The second-order valence-electron chi connectivity index (χ2n) is 5.31. The molecule has 0 saturated carbocycles. The van der Waals surface area contributed by atoms with Crippen LogP contribution >= 0.6 is 0 Å². The summed E-state index contributed by atoms with van der Waals surface area (Å²) in [5, 5.41) is 14.4. The highest BCUT2D eigenvalue weighted by Crippen LogP contribution is 2.18. The van der Waals surface area contributed by atoms with Crippen LogP contribution in [0, 0.1) is 0 Å². The Kier molecular flexibility index (Phi) is 8.42. The molecule has 6 heteroatoms. The number of benzene rings is 1. The van der Waals surface area contributed by atoms with Crippen molar-refractivity contribution < 1.29 is 19.5 Å². The van der Waals surface area contributed by atoms with Gasteiger partial charge < -0.3 is 15.7 Å². The molecule has 0 heterocycles. The van der Waals surface area contributed by atoms with E-state index >= 15 is 0 Å². The van der Waals surface area contributed by atoms with Crippen LogP contribution in [0.3, 0.4) is 0 Å². The maximum Gasteiger partial charge on any atom is 0.303 e. The number of rotatable bonds is 10. The molecule has 6 nitrogen and oxygen atoms in total. The molecule has 0 fully saturated rings. The number of carbonyl (C=O) groups excluding carboxylic acids is 2. The van der Waals surface area contributed by atoms with E-state index in [2.05, 4.69) is 10.6 Å². The SMILES string of the molecule is CCCNC(=O)CCC(=O)NC(CCC(=O)O)c1ccccc1. The number of amides is 2. The van der Waals surface area contributed by atoms with Crippen LogP contribution in [0.25, 0.3) is 0 Å². The highest BCUT2D eigenvalue weighted by molar-refractivity contribution is 5.83.